The molecule has 0 amide bonds. The monoisotopic (exact) mass is 355 g/mol. The smallest absolute Gasteiger partial charge is 0.203 e. The summed E-state index contributed by atoms with van der Waals surface area (Å²) in [4.78, 5) is 4.47. The van der Waals surface area contributed by atoms with Gasteiger partial charge in [0.15, 0.2) is 0 Å². The van der Waals surface area contributed by atoms with Crippen molar-refractivity contribution in [3.05, 3.63) is 40.9 Å². The molecule has 0 atom stereocenters. The zero-order valence-corrected chi connectivity index (χ0v) is 14.2. The van der Waals surface area contributed by atoms with Crippen LogP contribution in [0.4, 0.5) is 5.13 Å². The molecule has 0 aliphatic carbocycles. The van der Waals surface area contributed by atoms with Gasteiger partial charge in [0.05, 0.1) is 11.9 Å². The SMILES string of the molecule is Br.CC(C)(C)c1csc(NN=Cc2ccccc2O)n1. The van der Waals surface area contributed by atoms with E-state index in [2.05, 4.69) is 36.3 Å². The standard InChI is InChI=1S/C14H17N3OS.BrH/c1-14(2,3)12-9-19-13(16-12)17-15-8-10-6-4-5-7-11(10)18;/h4-9,18H,1-3H3,(H,16,17);1H. The molecule has 0 saturated carbocycles. The molecule has 0 radical (unpaired) electrons. The molecule has 108 valence electrons. The molecule has 0 aliphatic heterocycles. The third-order valence-electron chi connectivity index (χ3n) is 2.57. The number of aromatic hydroxyl groups is 1. The van der Waals surface area contributed by atoms with Crippen molar-refractivity contribution >= 4 is 39.7 Å². The number of hydrogen-bond acceptors (Lipinski definition) is 5. The molecular weight excluding hydrogens is 338 g/mol. The van der Waals surface area contributed by atoms with Gasteiger partial charge in [-0.15, -0.1) is 28.3 Å². The van der Waals surface area contributed by atoms with Crippen LogP contribution in [0.5, 0.6) is 5.75 Å². The zero-order chi connectivity index (χ0) is 13.9. The Morgan fingerprint density at radius 1 is 1.30 bits per heavy atom. The van der Waals surface area contributed by atoms with Crippen LogP contribution in [-0.2, 0) is 5.41 Å². The first kappa shape index (κ1) is 16.7. The average Bonchev–Trinajstić information content (AvgIpc) is 2.80. The summed E-state index contributed by atoms with van der Waals surface area (Å²) in [6.07, 6.45) is 1.58. The van der Waals surface area contributed by atoms with Crippen LogP contribution in [0.15, 0.2) is 34.7 Å². The van der Waals surface area contributed by atoms with Crippen molar-refractivity contribution in [2.75, 3.05) is 5.43 Å². The average molecular weight is 356 g/mol. The van der Waals surface area contributed by atoms with Gasteiger partial charge in [-0.1, -0.05) is 32.9 Å². The van der Waals surface area contributed by atoms with Crippen LogP contribution < -0.4 is 5.43 Å². The Balaban J connectivity index is 0.00000200. The molecule has 1 heterocycles. The number of nitrogens with zero attached hydrogens (tertiary/aromatic N) is 2. The minimum atomic E-state index is 0. The Labute approximate surface area is 133 Å². The topological polar surface area (TPSA) is 57.5 Å². The lowest BCUT2D eigenvalue weighted by molar-refractivity contribution is 0.474. The summed E-state index contributed by atoms with van der Waals surface area (Å²) < 4.78 is 0. The summed E-state index contributed by atoms with van der Waals surface area (Å²) in [6.45, 7) is 6.37. The fourth-order valence-corrected chi connectivity index (χ4v) is 2.31. The number of nitrogens with one attached hydrogen (secondary N) is 1. The Morgan fingerprint density at radius 2 is 2.00 bits per heavy atom. The maximum atomic E-state index is 9.59. The lowest BCUT2D eigenvalue weighted by atomic mass is 9.93. The van der Waals surface area contributed by atoms with Crippen LogP contribution in [0.25, 0.3) is 0 Å². The number of aromatic nitrogens is 1. The number of halogens is 1. The fourth-order valence-electron chi connectivity index (χ4n) is 1.42. The highest BCUT2D eigenvalue weighted by Gasteiger charge is 2.17. The first-order valence-corrected chi connectivity index (χ1v) is 6.88. The van der Waals surface area contributed by atoms with Gasteiger partial charge in [0.2, 0.25) is 5.13 Å². The van der Waals surface area contributed by atoms with Crippen molar-refractivity contribution in [3.63, 3.8) is 0 Å². The van der Waals surface area contributed by atoms with Gasteiger partial charge in [-0.25, -0.2) is 4.98 Å². The number of para-hydroxylation sites is 1. The molecule has 6 heteroatoms. The number of benzene rings is 1. The first-order valence-electron chi connectivity index (χ1n) is 6.00. The van der Waals surface area contributed by atoms with Crippen LogP contribution in [-0.4, -0.2) is 16.3 Å². The predicted molar refractivity (Wildman–Crippen MR) is 90.5 cm³/mol. The molecular formula is C14H18BrN3OS. The second-order valence-electron chi connectivity index (χ2n) is 5.22. The van der Waals surface area contributed by atoms with Crippen molar-refractivity contribution in [2.24, 2.45) is 5.10 Å². The van der Waals surface area contributed by atoms with E-state index in [1.54, 1.807) is 24.4 Å². The van der Waals surface area contributed by atoms with E-state index < -0.39 is 0 Å². The number of phenolic OH excluding ortho intramolecular Hbond substituents is 1. The third kappa shape index (κ3) is 4.31. The molecule has 2 rings (SSSR count). The molecule has 0 bridgehead atoms. The van der Waals surface area contributed by atoms with Crippen LogP contribution >= 0.6 is 28.3 Å². The summed E-state index contributed by atoms with van der Waals surface area (Å²) in [6, 6.07) is 7.05. The Kier molecular flexibility index (Phi) is 5.71. The van der Waals surface area contributed by atoms with E-state index in [9.17, 15) is 5.11 Å². The molecule has 2 N–H and O–H groups in total. The van der Waals surface area contributed by atoms with Gasteiger partial charge in [0.1, 0.15) is 5.75 Å². The van der Waals surface area contributed by atoms with E-state index >= 15 is 0 Å². The predicted octanol–water partition coefficient (Wildman–Crippen LogP) is 4.17. The van der Waals surface area contributed by atoms with Gasteiger partial charge in [0, 0.05) is 16.4 Å². The molecule has 0 fully saturated rings. The van der Waals surface area contributed by atoms with Crippen molar-refractivity contribution in [2.45, 2.75) is 26.2 Å². The number of thiazole rings is 1. The maximum Gasteiger partial charge on any atom is 0.203 e. The quantitative estimate of drug-likeness (QED) is 0.641. The van der Waals surface area contributed by atoms with Gasteiger partial charge in [-0.2, -0.15) is 5.10 Å². The molecule has 20 heavy (non-hydrogen) atoms. The van der Waals surface area contributed by atoms with Crippen LogP contribution in [0, 0.1) is 0 Å². The van der Waals surface area contributed by atoms with Crippen molar-refractivity contribution in [1.29, 1.82) is 0 Å². The minimum absolute atomic E-state index is 0. The van der Waals surface area contributed by atoms with E-state index in [0.29, 0.717) is 5.56 Å². The van der Waals surface area contributed by atoms with Gasteiger partial charge >= 0.3 is 0 Å². The highest BCUT2D eigenvalue weighted by Crippen LogP contribution is 2.26. The molecule has 2 aromatic rings. The third-order valence-corrected chi connectivity index (χ3v) is 3.32. The molecule has 1 aromatic carbocycles. The minimum Gasteiger partial charge on any atom is -0.507 e. The highest BCUT2D eigenvalue weighted by molar-refractivity contribution is 8.93. The van der Waals surface area contributed by atoms with Gasteiger partial charge < -0.3 is 5.11 Å². The number of hydrogen-bond donors (Lipinski definition) is 2. The number of phenols is 1. The van der Waals surface area contributed by atoms with Gasteiger partial charge in [-0.05, 0) is 12.1 Å². The Morgan fingerprint density at radius 3 is 2.60 bits per heavy atom. The lowest BCUT2D eigenvalue weighted by Gasteiger charge is -2.13. The fraction of sp³-hybridized carbons (Fsp3) is 0.286. The molecule has 0 spiro atoms. The maximum absolute atomic E-state index is 9.59. The van der Waals surface area contributed by atoms with Crippen molar-refractivity contribution in [1.82, 2.24) is 4.98 Å². The van der Waals surface area contributed by atoms with Crippen LogP contribution in [0.3, 0.4) is 0 Å². The summed E-state index contributed by atoms with van der Waals surface area (Å²) in [5.74, 6) is 0.211. The lowest BCUT2D eigenvalue weighted by Crippen LogP contribution is -2.11. The summed E-state index contributed by atoms with van der Waals surface area (Å²) in [5.41, 5.74) is 4.63. The van der Waals surface area contributed by atoms with E-state index in [1.807, 2.05) is 11.4 Å². The summed E-state index contributed by atoms with van der Waals surface area (Å²) in [7, 11) is 0. The largest absolute Gasteiger partial charge is 0.507 e. The van der Waals surface area contributed by atoms with E-state index in [0.717, 1.165) is 10.8 Å². The van der Waals surface area contributed by atoms with Gasteiger partial charge in [0.25, 0.3) is 0 Å². The molecule has 0 saturated heterocycles. The number of rotatable bonds is 3. The Hall–Kier alpha value is -1.40. The van der Waals surface area contributed by atoms with Crippen LogP contribution in [0.1, 0.15) is 32.0 Å². The van der Waals surface area contributed by atoms with E-state index in [1.165, 1.54) is 11.3 Å². The van der Waals surface area contributed by atoms with Crippen molar-refractivity contribution in [3.8, 4) is 5.75 Å². The van der Waals surface area contributed by atoms with Crippen molar-refractivity contribution < 1.29 is 5.11 Å². The first-order chi connectivity index (χ1) is 8.97. The van der Waals surface area contributed by atoms with E-state index in [4.69, 9.17) is 0 Å². The Bertz CT molecular complexity index is 590. The number of hydrazone groups is 1. The highest BCUT2D eigenvalue weighted by atomic mass is 79.9. The zero-order valence-electron chi connectivity index (χ0n) is 11.6. The summed E-state index contributed by atoms with van der Waals surface area (Å²) in [5, 5.41) is 16.4. The molecule has 4 nitrogen and oxygen atoms in total. The molecule has 0 unspecified atom stereocenters. The second kappa shape index (κ2) is 6.85. The second-order valence-corrected chi connectivity index (χ2v) is 6.07. The normalized spacial score (nSPS) is 11.3. The molecule has 0 aliphatic rings. The van der Waals surface area contributed by atoms with Crippen LogP contribution in [0.2, 0.25) is 0 Å². The van der Waals surface area contributed by atoms with E-state index in [-0.39, 0.29) is 28.1 Å². The summed E-state index contributed by atoms with van der Waals surface area (Å²) >= 11 is 1.52. The molecule has 1 aromatic heterocycles. The number of anilines is 1. The van der Waals surface area contributed by atoms with Gasteiger partial charge in [-0.3, -0.25) is 5.43 Å².